The molecule has 0 amide bonds. The Morgan fingerprint density at radius 1 is 1.39 bits per heavy atom. The van der Waals surface area contributed by atoms with Gasteiger partial charge in [0.25, 0.3) is 0 Å². The summed E-state index contributed by atoms with van der Waals surface area (Å²) in [6.45, 7) is 10.0. The number of rotatable bonds is 4. The van der Waals surface area contributed by atoms with Crippen molar-refractivity contribution in [3.05, 3.63) is 23.7 Å². The molecule has 0 radical (unpaired) electrons. The lowest BCUT2D eigenvalue weighted by Crippen LogP contribution is -2.38. The van der Waals surface area contributed by atoms with Crippen LogP contribution in [0.4, 0.5) is 0 Å². The molecule has 2 rings (SSSR count). The summed E-state index contributed by atoms with van der Waals surface area (Å²) in [4.78, 5) is 0. The van der Waals surface area contributed by atoms with Crippen molar-refractivity contribution in [2.75, 3.05) is 6.54 Å². The molecule has 1 aromatic heterocycles. The van der Waals surface area contributed by atoms with Crippen LogP contribution in [-0.4, -0.2) is 6.54 Å². The van der Waals surface area contributed by atoms with Crippen LogP contribution in [0.3, 0.4) is 0 Å². The Bertz CT molecular complexity index is 380. The number of hydrogen-bond acceptors (Lipinski definition) is 2. The zero-order valence-electron chi connectivity index (χ0n) is 12.3. The van der Waals surface area contributed by atoms with E-state index in [1.165, 1.54) is 25.7 Å². The summed E-state index contributed by atoms with van der Waals surface area (Å²) in [5.41, 5.74) is 0.409. The molecule has 0 aliphatic heterocycles. The van der Waals surface area contributed by atoms with Gasteiger partial charge >= 0.3 is 0 Å². The van der Waals surface area contributed by atoms with Crippen LogP contribution in [-0.2, 0) is 0 Å². The summed E-state index contributed by atoms with van der Waals surface area (Å²) in [6, 6.07) is 4.60. The van der Waals surface area contributed by atoms with Gasteiger partial charge in [0.05, 0.1) is 6.04 Å². The first-order chi connectivity index (χ1) is 8.54. The van der Waals surface area contributed by atoms with Crippen molar-refractivity contribution in [1.29, 1.82) is 0 Å². The average molecular weight is 249 g/mol. The molecule has 2 atom stereocenters. The molecule has 2 heteroatoms. The molecule has 1 aliphatic rings. The lowest BCUT2D eigenvalue weighted by atomic mass is 9.65. The Balaban J connectivity index is 2.23. The Hall–Kier alpha value is -0.760. The van der Waals surface area contributed by atoms with Gasteiger partial charge < -0.3 is 9.73 Å². The molecule has 0 bridgehead atoms. The van der Waals surface area contributed by atoms with E-state index in [-0.39, 0.29) is 0 Å². The number of aryl methyl sites for hydroxylation is 1. The fourth-order valence-corrected chi connectivity index (χ4v) is 3.42. The van der Waals surface area contributed by atoms with Gasteiger partial charge in [0.1, 0.15) is 11.5 Å². The van der Waals surface area contributed by atoms with E-state index in [0.717, 1.165) is 18.1 Å². The summed E-state index contributed by atoms with van der Waals surface area (Å²) >= 11 is 0. The predicted molar refractivity (Wildman–Crippen MR) is 75.6 cm³/mol. The Labute approximate surface area is 111 Å². The average Bonchev–Trinajstić information content (AvgIpc) is 2.73. The molecule has 1 aliphatic carbocycles. The van der Waals surface area contributed by atoms with Crippen LogP contribution in [0.2, 0.25) is 0 Å². The smallest absolute Gasteiger partial charge is 0.121 e. The summed E-state index contributed by atoms with van der Waals surface area (Å²) < 4.78 is 5.88. The van der Waals surface area contributed by atoms with Gasteiger partial charge in [-0.2, -0.15) is 0 Å². The maximum Gasteiger partial charge on any atom is 0.121 e. The van der Waals surface area contributed by atoms with Crippen LogP contribution in [0.1, 0.15) is 64.0 Å². The van der Waals surface area contributed by atoms with E-state index in [1.807, 2.05) is 6.92 Å². The SMILES string of the molecule is CCNC(c1ccc(C)o1)C1CCCCC1(C)C. The minimum Gasteiger partial charge on any atom is -0.465 e. The molecular weight excluding hydrogens is 222 g/mol. The largest absolute Gasteiger partial charge is 0.465 e. The third-order valence-corrected chi connectivity index (χ3v) is 4.48. The lowest BCUT2D eigenvalue weighted by molar-refractivity contribution is 0.0896. The Morgan fingerprint density at radius 2 is 2.17 bits per heavy atom. The van der Waals surface area contributed by atoms with Crippen LogP contribution >= 0.6 is 0 Å². The predicted octanol–water partition coefficient (Wildman–Crippen LogP) is 4.46. The van der Waals surface area contributed by atoms with Crippen LogP contribution in [0.25, 0.3) is 0 Å². The zero-order chi connectivity index (χ0) is 13.2. The van der Waals surface area contributed by atoms with E-state index in [1.54, 1.807) is 0 Å². The molecule has 0 aromatic carbocycles. The van der Waals surface area contributed by atoms with Gasteiger partial charge in [0.2, 0.25) is 0 Å². The normalized spacial score (nSPS) is 25.0. The first kappa shape index (κ1) is 13.7. The van der Waals surface area contributed by atoms with Gasteiger partial charge in [-0.1, -0.05) is 33.6 Å². The summed E-state index contributed by atoms with van der Waals surface area (Å²) in [6.07, 6.45) is 5.37. The molecule has 1 aromatic rings. The monoisotopic (exact) mass is 249 g/mol. The first-order valence-electron chi connectivity index (χ1n) is 7.34. The number of nitrogens with one attached hydrogen (secondary N) is 1. The van der Waals surface area contributed by atoms with Crippen molar-refractivity contribution >= 4 is 0 Å². The van der Waals surface area contributed by atoms with Crippen molar-refractivity contribution in [3.63, 3.8) is 0 Å². The number of hydrogen-bond donors (Lipinski definition) is 1. The quantitative estimate of drug-likeness (QED) is 0.852. The molecule has 1 fully saturated rings. The second-order valence-corrected chi connectivity index (χ2v) is 6.32. The van der Waals surface area contributed by atoms with E-state index in [4.69, 9.17) is 4.42 Å². The molecule has 0 spiro atoms. The molecule has 1 N–H and O–H groups in total. The molecule has 1 heterocycles. The maximum atomic E-state index is 5.88. The highest BCUT2D eigenvalue weighted by molar-refractivity contribution is 5.12. The third-order valence-electron chi connectivity index (χ3n) is 4.48. The Morgan fingerprint density at radius 3 is 2.72 bits per heavy atom. The minimum atomic E-state index is 0.374. The molecule has 2 unspecified atom stereocenters. The first-order valence-corrected chi connectivity index (χ1v) is 7.34. The topological polar surface area (TPSA) is 25.2 Å². The van der Waals surface area contributed by atoms with Crippen molar-refractivity contribution in [2.24, 2.45) is 11.3 Å². The van der Waals surface area contributed by atoms with Crippen molar-refractivity contribution in [1.82, 2.24) is 5.32 Å². The van der Waals surface area contributed by atoms with Crippen LogP contribution in [0.15, 0.2) is 16.5 Å². The van der Waals surface area contributed by atoms with Gasteiger partial charge in [0, 0.05) is 0 Å². The third kappa shape index (κ3) is 2.80. The van der Waals surface area contributed by atoms with E-state index in [9.17, 15) is 0 Å². The zero-order valence-corrected chi connectivity index (χ0v) is 12.3. The highest BCUT2D eigenvalue weighted by atomic mass is 16.3. The van der Waals surface area contributed by atoms with Gasteiger partial charge in [-0.05, 0) is 49.8 Å². The van der Waals surface area contributed by atoms with Gasteiger partial charge in [0.15, 0.2) is 0 Å². The fourth-order valence-electron chi connectivity index (χ4n) is 3.42. The lowest BCUT2D eigenvalue weighted by Gasteiger charge is -2.42. The fraction of sp³-hybridized carbons (Fsp3) is 0.750. The number of furan rings is 1. The van der Waals surface area contributed by atoms with Crippen molar-refractivity contribution in [3.8, 4) is 0 Å². The van der Waals surface area contributed by atoms with E-state index in [0.29, 0.717) is 17.4 Å². The maximum absolute atomic E-state index is 5.88. The molecular formula is C16H27NO. The molecule has 1 saturated carbocycles. The van der Waals surface area contributed by atoms with Crippen molar-refractivity contribution < 1.29 is 4.42 Å². The minimum absolute atomic E-state index is 0.374. The van der Waals surface area contributed by atoms with Crippen LogP contribution < -0.4 is 5.32 Å². The molecule has 102 valence electrons. The summed E-state index contributed by atoms with van der Waals surface area (Å²) in [5, 5.41) is 3.64. The molecule has 0 saturated heterocycles. The van der Waals surface area contributed by atoms with E-state index >= 15 is 0 Å². The van der Waals surface area contributed by atoms with Crippen LogP contribution in [0, 0.1) is 18.3 Å². The Kier molecular flexibility index (Phi) is 4.16. The summed E-state index contributed by atoms with van der Waals surface area (Å²) in [7, 11) is 0. The standard InChI is InChI=1S/C16H27NO/c1-5-17-15(14-10-9-12(2)18-14)13-8-6-7-11-16(13,3)4/h9-10,13,15,17H,5-8,11H2,1-4H3. The van der Waals surface area contributed by atoms with Gasteiger partial charge in [-0.15, -0.1) is 0 Å². The van der Waals surface area contributed by atoms with Crippen LogP contribution in [0.5, 0.6) is 0 Å². The second-order valence-electron chi connectivity index (χ2n) is 6.32. The summed E-state index contributed by atoms with van der Waals surface area (Å²) in [5.74, 6) is 2.81. The highest BCUT2D eigenvalue weighted by Gasteiger charge is 2.38. The highest BCUT2D eigenvalue weighted by Crippen LogP contribution is 2.46. The molecule has 2 nitrogen and oxygen atoms in total. The van der Waals surface area contributed by atoms with Gasteiger partial charge in [-0.3, -0.25) is 0 Å². The van der Waals surface area contributed by atoms with Gasteiger partial charge in [-0.25, -0.2) is 0 Å². The second kappa shape index (κ2) is 5.48. The van der Waals surface area contributed by atoms with Crippen molar-refractivity contribution in [2.45, 2.75) is 59.4 Å². The van der Waals surface area contributed by atoms with E-state index < -0.39 is 0 Å². The van der Waals surface area contributed by atoms with E-state index in [2.05, 4.69) is 38.2 Å². The molecule has 18 heavy (non-hydrogen) atoms.